The zero-order valence-corrected chi connectivity index (χ0v) is 14.1. The van der Waals surface area contributed by atoms with E-state index in [0.717, 1.165) is 39.1 Å². The molecule has 1 aromatic rings. The van der Waals surface area contributed by atoms with Crippen molar-refractivity contribution in [2.45, 2.75) is 6.42 Å². The van der Waals surface area contributed by atoms with Crippen molar-refractivity contribution in [1.29, 1.82) is 0 Å². The van der Waals surface area contributed by atoms with Crippen LogP contribution < -0.4 is 5.32 Å². The quantitative estimate of drug-likeness (QED) is 0.706. The molecule has 114 valence electrons. The topological polar surface area (TPSA) is 18.5 Å². The zero-order chi connectivity index (χ0) is 15.0. The second-order valence-corrected chi connectivity index (χ2v) is 6.17. The summed E-state index contributed by atoms with van der Waals surface area (Å²) in [5, 5.41) is 4.70. The van der Waals surface area contributed by atoms with E-state index < -0.39 is 0 Å². The molecule has 0 fully saturated rings. The molecule has 1 rings (SSSR count). The summed E-state index contributed by atoms with van der Waals surface area (Å²) in [6.45, 7) is 5.20. The average molecular weight is 318 g/mol. The van der Waals surface area contributed by atoms with Gasteiger partial charge in [0.1, 0.15) is 0 Å². The molecule has 0 bridgehead atoms. The van der Waals surface area contributed by atoms with E-state index in [1.54, 1.807) is 0 Å². The van der Waals surface area contributed by atoms with Gasteiger partial charge in [-0.3, -0.25) is 0 Å². The molecule has 0 aliphatic rings. The lowest BCUT2D eigenvalue weighted by atomic mass is 10.1. The van der Waals surface area contributed by atoms with Gasteiger partial charge in [0, 0.05) is 32.7 Å². The van der Waals surface area contributed by atoms with Gasteiger partial charge in [0.25, 0.3) is 0 Å². The van der Waals surface area contributed by atoms with Crippen molar-refractivity contribution in [3.63, 3.8) is 0 Å². The lowest BCUT2D eigenvalue weighted by Crippen LogP contribution is -2.34. The number of likely N-dealkylation sites (N-methyl/N-ethyl adjacent to an activating group) is 2. The highest BCUT2D eigenvalue weighted by molar-refractivity contribution is 6.42. The van der Waals surface area contributed by atoms with E-state index in [2.05, 4.69) is 36.3 Å². The Morgan fingerprint density at radius 3 is 2.30 bits per heavy atom. The summed E-state index contributed by atoms with van der Waals surface area (Å²) in [7, 11) is 6.32. The first-order chi connectivity index (χ1) is 9.49. The SMILES string of the molecule is CN(C)CCNCCN(C)CCc1ccc(Cl)c(Cl)c1. The third-order valence-electron chi connectivity index (χ3n) is 3.17. The second kappa shape index (κ2) is 9.59. The molecule has 0 aliphatic carbocycles. The van der Waals surface area contributed by atoms with Crippen LogP contribution in [0.1, 0.15) is 5.56 Å². The van der Waals surface area contributed by atoms with E-state index in [-0.39, 0.29) is 0 Å². The highest BCUT2D eigenvalue weighted by Crippen LogP contribution is 2.22. The monoisotopic (exact) mass is 317 g/mol. The molecule has 0 spiro atoms. The Hall–Kier alpha value is -0.320. The molecule has 20 heavy (non-hydrogen) atoms. The summed E-state index contributed by atoms with van der Waals surface area (Å²) in [6, 6.07) is 5.85. The summed E-state index contributed by atoms with van der Waals surface area (Å²) in [4.78, 5) is 4.51. The number of hydrogen-bond acceptors (Lipinski definition) is 3. The van der Waals surface area contributed by atoms with Crippen molar-refractivity contribution < 1.29 is 0 Å². The maximum Gasteiger partial charge on any atom is 0.0595 e. The van der Waals surface area contributed by atoms with E-state index in [4.69, 9.17) is 23.2 Å². The predicted molar refractivity (Wildman–Crippen MR) is 89.1 cm³/mol. The minimum Gasteiger partial charge on any atom is -0.314 e. The minimum absolute atomic E-state index is 0.619. The summed E-state index contributed by atoms with van der Waals surface area (Å²) in [6.07, 6.45) is 0.991. The van der Waals surface area contributed by atoms with Crippen LogP contribution in [0.25, 0.3) is 0 Å². The third-order valence-corrected chi connectivity index (χ3v) is 3.91. The molecular formula is C15H25Cl2N3. The van der Waals surface area contributed by atoms with Crippen LogP contribution in [-0.2, 0) is 6.42 Å². The largest absolute Gasteiger partial charge is 0.314 e. The Labute approximate surface area is 132 Å². The van der Waals surface area contributed by atoms with Crippen LogP contribution in [0.2, 0.25) is 10.0 Å². The Balaban J connectivity index is 2.16. The highest BCUT2D eigenvalue weighted by Gasteiger charge is 2.02. The lowest BCUT2D eigenvalue weighted by Gasteiger charge is -2.17. The minimum atomic E-state index is 0.619. The molecule has 0 atom stereocenters. The fourth-order valence-electron chi connectivity index (χ4n) is 1.82. The van der Waals surface area contributed by atoms with Crippen LogP contribution in [0, 0.1) is 0 Å². The van der Waals surface area contributed by atoms with Gasteiger partial charge in [-0.15, -0.1) is 0 Å². The van der Waals surface area contributed by atoms with Crippen molar-refractivity contribution in [3.8, 4) is 0 Å². The van der Waals surface area contributed by atoms with E-state index in [9.17, 15) is 0 Å². The molecule has 0 saturated carbocycles. The van der Waals surface area contributed by atoms with Crippen LogP contribution in [0.15, 0.2) is 18.2 Å². The van der Waals surface area contributed by atoms with Gasteiger partial charge in [-0.05, 0) is 45.3 Å². The molecule has 3 nitrogen and oxygen atoms in total. The Morgan fingerprint density at radius 1 is 0.950 bits per heavy atom. The van der Waals surface area contributed by atoms with Gasteiger partial charge in [0.05, 0.1) is 10.0 Å². The molecule has 5 heteroatoms. The molecule has 0 heterocycles. The van der Waals surface area contributed by atoms with Crippen LogP contribution in [-0.4, -0.2) is 63.7 Å². The van der Waals surface area contributed by atoms with Crippen LogP contribution in [0.4, 0.5) is 0 Å². The van der Waals surface area contributed by atoms with Gasteiger partial charge in [-0.2, -0.15) is 0 Å². The standard InChI is InChI=1S/C15H25Cl2N3/c1-19(2)10-7-18-8-11-20(3)9-6-13-4-5-14(16)15(17)12-13/h4-5,12,18H,6-11H2,1-3H3. The second-order valence-electron chi connectivity index (χ2n) is 5.36. The molecule has 0 radical (unpaired) electrons. The van der Waals surface area contributed by atoms with Crippen LogP contribution >= 0.6 is 23.2 Å². The first-order valence-electron chi connectivity index (χ1n) is 6.97. The zero-order valence-electron chi connectivity index (χ0n) is 12.6. The molecule has 1 aromatic carbocycles. The summed E-state index contributed by atoms with van der Waals surface area (Å²) < 4.78 is 0. The van der Waals surface area contributed by atoms with Gasteiger partial charge in [-0.25, -0.2) is 0 Å². The van der Waals surface area contributed by atoms with Crippen LogP contribution in [0.3, 0.4) is 0 Å². The predicted octanol–water partition coefficient (Wildman–Crippen LogP) is 2.62. The summed E-state index contributed by atoms with van der Waals surface area (Å²) in [5.74, 6) is 0. The summed E-state index contributed by atoms with van der Waals surface area (Å²) in [5.41, 5.74) is 1.23. The van der Waals surface area contributed by atoms with E-state index in [0.29, 0.717) is 10.0 Å². The molecular weight excluding hydrogens is 293 g/mol. The molecule has 0 aliphatic heterocycles. The smallest absolute Gasteiger partial charge is 0.0595 e. The molecule has 0 amide bonds. The van der Waals surface area contributed by atoms with Crippen molar-refractivity contribution in [2.24, 2.45) is 0 Å². The van der Waals surface area contributed by atoms with Gasteiger partial charge < -0.3 is 15.1 Å². The number of halogens is 2. The Morgan fingerprint density at radius 2 is 1.65 bits per heavy atom. The third kappa shape index (κ3) is 7.46. The van der Waals surface area contributed by atoms with E-state index >= 15 is 0 Å². The lowest BCUT2D eigenvalue weighted by molar-refractivity contribution is 0.329. The first-order valence-corrected chi connectivity index (χ1v) is 7.72. The number of benzene rings is 1. The van der Waals surface area contributed by atoms with Crippen molar-refractivity contribution >= 4 is 23.2 Å². The fraction of sp³-hybridized carbons (Fsp3) is 0.600. The van der Waals surface area contributed by atoms with Crippen molar-refractivity contribution in [2.75, 3.05) is 53.9 Å². The highest BCUT2D eigenvalue weighted by atomic mass is 35.5. The molecule has 0 aromatic heterocycles. The average Bonchev–Trinajstić information content (AvgIpc) is 2.39. The van der Waals surface area contributed by atoms with E-state index in [1.807, 2.05) is 18.2 Å². The molecule has 0 saturated heterocycles. The number of hydrogen-bond donors (Lipinski definition) is 1. The fourth-order valence-corrected chi connectivity index (χ4v) is 2.15. The number of nitrogens with one attached hydrogen (secondary N) is 1. The number of rotatable bonds is 9. The van der Waals surface area contributed by atoms with Gasteiger partial charge in [0.15, 0.2) is 0 Å². The normalized spacial score (nSPS) is 11.6. The maximum absolute atomic E-state index is 6.01. The molecule has 1 N–H and O–H groups in total. The Kier molecular flexibility index (Phi) is 8.50. The number of nitrogens with zero attached hydrogens (tertiary/aromatic N) is 2. The van der Waals surface area contributed by atoms with Crippen molar-refractivity contribution in [1.82, 2.24) is 15.1 Å². The van der Waals surface area contributed by atoms with Gasteiger partial charge in [0.2, 0.25) is 0 Å². The van der Waals surface area contributed by atoms with Crippen LogP contribution in [0.5, 0.6) is 0 Å². The Bertz CT molecular complexity index is 397. The first kappa shape index (κ1) is 17.7. The van der Waals surface area contributed by atoms with Gasteiger partial charge >= 0.3 is 0 Å². The summed E-state index contributed by atoms with van der Waals surface area (Å²) >= 11 is 11.9. The van der Waals surface area contributed by atoms with E-state index in [1.165, 1.54) is 5.56 Å². The van der Waals surface area contributed by atoms with Gasteiger partial charge in [-0.1, -0.05) is 29.3 Å². The molecule has 0 unspecified atom stereocenters. The van der Waals surface area contributed by atoms with Crippen molar-refractivity contribution in [3.05, 3.63) is 33.8 Å². The maximum atomic E-state index is 6.01.